The topological polar surface area (TPSA) is 93.1 Å². The molecule has 1 aromatic carbocycles. The summed E-state index contributed by atoms with van der Waals surface area (Å²) in [6.45, 7) is 3.49. The number of carboxylic acid groups (broad SMARTS) is 1. The van der Waals surface area contributed by atoms with Crippen molar-refractivity contribution in [1.82, 2.24) is 4.31 Å². The predicted molar refractivity (Wildman–Crippen MR) is 87.8 cm³/mol. The quantitative estimate of drug-likeness (QED) is 0.831. The Hall–Kier alpha value is -1.64. The lowest BCUT2D eigenvalue weighted by Gasteiger charge is -2.33. The van der Waals surface area contributed by atoms with Crippen molar-refractivity contribution in [3.05, 3.63) is 23.3 Å². The van der Waals surface area contributed by atoms with Gasteiger partial charge in [0.15, 0.2) is 5.54 Å². The van der Waals surface area contributed by atoms with Crippen LogP contribution in [-0.2, 0) is 19.6 Å². The van der Waals surface area contributed by atoms with Crippen LogP contribution in [0.5, 0.6) is 5.75 Å². The number of aryl methyl sites for hydroxylation is 2. The van der Waals surface area contributed by atoms with E-state index in [1.165, 1.54) is 26.4 Å². The Kier molecular flexibility index (Phi) is 5.22. The van der Waals surface area contributed by atoms with E-state index in [9.17, 15) is 18.3 Å². The summed E-state index contributed by atoms with van der Waals surface area (Å²) >= 11 is 0. The lowest BCUT2D eigenvalue weighted by atomic mass is 9.99. The fourth-order valence-electron chi connectivity index (χ4n) is 3.37. The number of hydrogen-bond donors (Lipinski definition) is 1. The average Bonchev–Trinajstić information content (AvgIpc) is 2.93. The predicted octanol–water partition coefficient (Wildman–Crippen LogP) is 1.57. The van der Waals surface area contributed by atoms with E-state index in [-0.39, 0.29) is 24.5 Å². The Morgan fingerprint density at radius 1 is 1.29 bits per heavy atom. The van der Waals surface area contributed by atoms with Crippen LogP contribution in [0.3, 0.4) is 0 Å². The number of nitrogens with zero attached hydrogens (tertiary/aromatic N) is 1. The number of benzene rings is 1. The molecule has 1 saturated heterocycles. The van der Waals surface area contributed by atoms with Crippen molar-refractivity contribution >= 4 is 16.0 Å². The molecule has 1 aliphatic heterocycles. The highest BCUT2D eigenvalue weighted by atomic mass is 32.2. The van der Waals surface area contributed by atoms with Gasteiger partial charge in [-0.25, -0.2) is 8.42 Å². The molecule has 1 heterocycles. The summed E-state index contributed by atoms with van der Waals surface area (Å²) in [5.74, 6) is -0.566. The van der Waals surface area contributed by atoms with Crippen LogP contribution in [0.2, 0.25) is 0 Å². The largest absolute Gasteiger partial charge is 0.496 e. The molecule has 0 radical (unpaired) electrons. The minimum absolute atomic E-state index is 0.0712. The van der Waals surface area contributed by atoms with Gasteiger partial charge >= 0.3 is 5.97 Å². The molecular weight excluding hydrogens is 334 g/mol. The zero-order chi connectivity index (χ0) is 18.1. The van der Waals surface area contributed by atoms with Gasteiger partial charge in [0.05, 0.1) is 18.6 Å². The van der Waals surface area contributed by atoms with Crippen LogP contribution < -0.4 is 4.74 Å². The summed E-state index contributed by atoms with van der Waals surface area (Å²) < 4.78 is 37.6. The van der Waals surface area contributed by atoms with Crippen LogP contribution in [0, 0.1) is 13.8 Å². The maximum Gasteiger partial charge on any atom is 0.327 e. The molecule has 0 aromatic heterocycles. The number of carbonyl (C=O) groups is 1. The second-order valence-corrected chi connectivity index (χ2v) is 7.90. The molecule has 1 aliphatic rings. The molecule has 0 spiro atoms. The van der Waals surface area contributed by atoms with Crippen LogP contribution in [0.15, 0.2) is 17.0 Å². The van der Waals surface area contributed by atoms with E-state index in [1.807, 2.05) is 0 Å². The van der Waals surface area contributed by atoms with Crippen molar-refractivity contribution in [2.45, 2.75) is 37.1 Å². The Bertz CT molecular complexity index is 722. The molecule has 0 bridgehead atoms. The summed E-state index contributed by atoms with van der Waals surface area (Å²) in [6, 6.07) is 3.03. The van der Waals surface area contributed by atoms with Crippen molar-refractivity contribution in [3.8, 4) is 5.75 Å². The van der Waals surface area contributed by atoms with Crippen molar-refractivity contribution in [2.75, 3.05) is 27.4 Å². The highest BCUT2D eigenvalue weighted by molar-refractivity contribution is 7.89. The SMILES string of the molecule is COCC1(C(=O)O)CCCN1S(=O)(=O)c1cc(C)c(OC)c(C)c1. The minimum atomic E-state index is -3.97. The highest BCUT2D eigenvalue weighted by Gasteiger charge is 2.53. The van der Waals surface area contributed by atoms with Gasteiger partial charge in [0.2, 0.25) is 10.0 Å². The fourth-order valence-corrected chi connectivity index (χ4v) is 5.33. The first-order chi connectivity index (χ1) is 11.2. The molecule has 0 aliphatic carbocycles. The summed E-state index contributed by atoms with van der Waals surface area (Å²) in [4.78, 5) is 11.9. The molecule has 0 amide bonds. The third kappa shape index (κ3) is 2.89. The second-order valence-electron chi connectivity index (χ2n) is 6.04. The third-order valence-corrected chi connectivity index (χ3v) is 6.38. The first kappa shape index (κ1) is 18.7. The standard InChI is InChI=1S/C16H23NO6S/c1-11-8-13(9-12(2)14(11)23-4)24(20,21)17-7-5-6-16(17,10-22-3)15(18)19/h8-9H,5-7,10H2,1-4H3,(H,18,19). The molecule has 2 rings (SSSR count). The molecule has 1 unspecified atom stereocenters. The number of ether oxygens (including phenoxy) is 2. The number of rotatable bonds is 6. The van der Waals surface area contributed by atoms with Gasteiger partial charge < -0.3 is 14.6 Å². The van der Waals surface area contributed by atoms with E-state index in [1.54, 1.807) is 13.8 Å². The first-order valence-electron chi connectivity index (χ1n) is 7.61. The summed E-state index contributed by atoms with van der Waals surface area (Å²) in [6.07, 6.45) is 0.701. The Balaban J connectivity index is 2.56. The van der Waals surface area contributed by atoms with Gasteiger partial charge in [-0.3, -0.25) is 4.79 Å². The molecule has 1 atom stereocenters. The van der Waals surface area contributed by atoms with Crippen molar-refractivity contribution in [1.29, 1.82) is 0 Å². The van der Waals surface area contributed by atoms with E-state index in [2.05, 4.69) is 0 Å². The number of aliphatic carboxylic acids is 1. The Morgan fingerprint density at radius 2 is 1.88 bits per heavy atom. The molecule has 134 valence electrons. The number of methoxy groups -OCH3 is 2. The van der Waals surface area contributed by atoms with E-state index in [0.29, 0.717) is 23.3 Å². The van der Waals surface area contributed by atoms with Gasteiger partial charge in [0.1, 0.15) is 5.75 Å². The maximum atomic E-state index is 13.1. The lowest BCUT2D eigenvalue weighted by Crippen LogP contribution is -2.55. The minimum Gasteiger partial charge on any atom is -0.496 e. The average molecular weight is 357 g/mol. The van der Waals surface area contributed by atoms with Gasteiger partial charge in [-0.15, -0.1) is 0 Å². The Morgan fingerprint density at radius 3 is 2.33 bits per heavy atom. The number of hydrogen-bond acceptors (Lipinski definition) is 5. The highest BCUT2D eigenvalue weighted by Crippen LogP contribution is 2.37. The fraction of sp³-hybridized carbons (Fsp3) is 0.562. The zero-order valence-corrected chi connectivity index (χ0v) is 15.1. The molecule has 8 heteroatoms. The van der Waals surface area contributed by atoms with Gasteiger partial charge in [-0.05, 0) is 49.9 Å². The molecule has 1 aromatic rings. The van der Waals surface area contributed by atoms with Crippen LogP contribution in [0.25, 0.3) is 0 Å². The molecule has 24 heavy (non-hydrogen) atoms. The maximum absolute atomic E-state index is 13.1. The smallest absolute Gasteiger partial charge is 0.327 e. The van der Waals surface area contributed by atoms with E-state index >= 15 is 0 Å². The third-order valence-electron chi connectivity index (χ3n) is 4.44. The van der Waals surface area contributed by atoms with Crippen LogP contribution in [-0.4, -0.2) is 56.7 Å². The Labute approximate surface area is 142 Å². The van der Waals surface area contributed by atoms with Gasteiger partial charge in [0, 0.05) is 13.7 Å². The summed E-state index contributed by atoms with van der Waals surface area (Å²) in [5, 5.41) is 9.66. The van der Waals surface area contributed by atoms with Gasteiger partial charge in [-0.1, -0.05) is 0 Å². The normalized spacial score (nSPS) is 21.8. The van der Waals surface area contributed by atoms with Crippen molar-refractivity contribution < 1.29 is 27.8 Å². The van der Waals surface area contributed by atoms with E-state index < -0.39 is 21.5 Å². The summed E-state index contributed by atoms with van der Waals surface area (Å²) in [5.41, 5.74) is -0.194. The number of carboxylic acids is 1. The zero-order valence-electron chi connectivity index (χ0n) is 14.3. The van der Waals surface area contributed by atoms with E-state index in [0.717, 1.165) is 4.31 Å². The van der Waals surface area contributed by atoms with Gasteiger partial charge in [0.25, 0.3) is 0 Å². The molecule has 7 nitrogen and oxygen atoms in total. The van der Waals surface area contributed by atoms with Crippen molar-refractivity contribution in [2.24, 2.45) is 0 Å². The molecule has 0 saturated carbocycles. The molecule has 1 N–H and O–H groups in total. The van der Waals surface area contributed by atoms with Crippen LogP contribution in [0.1, 0.15) is 24.0 Å². The molecule has 1 fully saturated rings. The first-order valence-corrected chi connectivity index (χ1v) is 9.05. The van der Waals surface area contributed by atoms with Gasteiger partial charge in [-0.2, -0.15) is 4.31 Å². The van der Waals surface area contributed by atoms with Crippen molar-refractivity contribution in [3.63, 3.8) is 0 Å². The van der Waals surface area contributed by atoms with E-state index in [4.69, 9.17) is 9.47 Å². The van der Waals surface area contributed by atoms with Crippen LogP contribution in [0.4, 0.5) is 0 Å². The molecular formula is C16H23NO6S. The van der Waals surface area contributed by atoms with Crippen LogP contribution >= 0.6 is 0 Å². The monoisotopic (exact) mass is 357 g/mol. The second kappa shape index (κ2) is 6.70. The summed E-state index contributed by atoms with van der Waals surface area (Å²) in [7, 11) is -1.07. The number of sulfonamides is 1. The lowest BCUT2D eigenvalue weighted by molar-refractivity contribution is -0.150.